The molecule has 1 aliphatic rings. The number of nitrogens with one attached hydrogen (secondary N) is 1. The molecular formula is C16H29N3O. The lowest BCUT2D eigenvalue weighted by atomic mass is 9.91. The van der Waals surface area contributed by atoms with Crippen molar-refractivity contribution >= 4 is 0 Å². The lowest BCUT2D eigenvalue weighted by molar-refractivity contribution is 0.266. The predicted octanol–water partition coefficient (Wildman–Crippen LogP) is 2.81. The average molecular weight is 279 g/mol. The highest BCUT2D eigenvalue weighted by molar-refractivity contribution is 5.25. The summed E-state index contributed by atoms with van der Waals surface area (Å²) in [6.45, 7) is 5.31. The first-order valence-corrected chi connectivity index (χ1v) is 8.21. The van der Waals surface area contributed by atoms with Crippen LogP contribution in [0, 0.1) is 0 Å². The second-order valence-electron chi connectivity index (χ2n) is 5.85. The first-order valence-electron chi connectivity index (χ1n) is 8.21. The zero-order valence-electron chi connectivity index (χ0n) is 12.9. The summed E-state index contributed by atoms with van der Waals surface area (Å²) in [5, 5.41) is 17.4. The Bertz CT molecular complexity index is 402. The van der Waals surface area contributed by atoms with Crippen LogP contribution in [0.1, 0.15) is 69.7 Å². The Kier molecular flexibility index (Phi) is 6.05. The van der Waals surface area contributed by atoms with Gasteiger partial charge in [0.1, 0.15) is 0 Å². The fraction of sp³-hybridized carbons (Fsp3) is 0.812. The molecule has 0 saturated carbocycles. The molecule has 2 N–H and O–H groups in total. The highest BCUT2D eigenvalue weighted by Crippen LogP contribution is 2.30. The van der Waals surface area contributed by atoms with E-state index in [1.54, 1.807) is 0 Å². The van der Waals surface area contributed by atoms with Gasteiger partial charge in [-0.15, -0.1) is 0 Å². The predicted molar refractivity (Wildman–Crippen MR) is 81.7 cm³/mol. The SMILES string of the molecule is CCCCC(CC)NC1CCCc2c1cnn2CCO. The number of hydrogen-bond acceptors (Lipinski definition) is 3. The van der Waals surface area contributed by atoms with Crippen LogP contribution in [0.25, 0.3) is 0 Å². The van der Waals surface area contributed by atoms with Gasteiger partial charge in [0.25, 0.3) is 0 Å². The van der Waals surface area contributed by atoms with E-state index < -0.39 is 0 Å². The number of unbranched alkanes of at least 4 members (excludes halogenated alkanes) is 1. The summed E-state index contributed by atoms with van der Waals surface area (Å²) in [4.78, 5) is 0. The van der Waals surface area contributed by atoms with Crippen molar-refractivity contribution in [3.05, 3.63) is 17.5 Å². The second-order valence-corrected chi connectivity index (χ2v) is 5.85. The Morgan fingerprint density at radius 3 is 3.05 bits per heavy atom. The van der Waals surface area contributed by atoms with Gasteiger partial charge in [-0.05, 0) is 32.1 Å². The Labute approximate surface area is 122 Å². The zero-order valence-corrected chi connectivity index (χ0v) is 12.9. The molecular weight excluding hydrogens is 250 g/mol. The highest BCUT2D eigenvalue weighted by atomic mass is 16.3. The highest BCUT2D eigenvalue weighted by Gasteiger charge is 2.25. The standard InChI is InChI=1S/C16H29N3O/c1-3-5-7-13(4-2)18-15-8-6-9-16-14(15)12-17-19(16)10-11-20/h12-13,15,18,20H,3-11H2,1-2H3. The van der Waals surface area contributed by atoms with E-state index in [9.17, 15) is 0 Å². The number of fused-ring (bicyclic) bond motifs is 1. The van der Waals surface area contributed by atoms with E-state index in [2.05, 4.69) is 24.3 Å². The van der Waals surface area contributed by atoms with Crippen LogP contribution in [0.4, 0.5) is 0 Å². The van der Waals surface area contributed by atoms with Crippen molar-refractivity contribution in [2.24, 2.45) is 0 Å². The molecule has 0 bridgehead atoms. The molecule has 1 heterocycles. The zero-order chi connectivity index (χ0) is 14.4. The van der Waals surface area contributed by atoms with Crippen molar-refractivity contribution in [2.45, 2.75) is 77.4 Å². The lowest BCUT2D eigenvalue weighted by Gasteiger charge is -2.28. The normalized spacial score (nSPS) is 19.9. The molecule has 0 aliphatic heterocycles. The van der Waals surface area contributed by atoms with Crippen molar-refractivity contribution in [3.63, 3.8) is 0 Å². The Morgan fingerprint density at radius 2 is 2.35 bits per heavy atom. The van der Waals surface area contributed by atoms with Crippen LogP contribution in [0.5, 0.6) is 0 Å². The minimum atomic E-state index is 0.167. The lowest BCUT2D eigenvalue weighted by Crippen LogP contribution is -2.34. The van der Waals surface area contributed by atoms with Crippen LogP contribution < -0.4 is 5.32 Å². The molecule has 0 amide bonds. The number of aliphatic hydroxyl groups is 1. The van der Waals surface area contributed by atoms with Gasteiger partial charge in [-0.1, -0.05) is 26.7 Å². The number of aromatic nitrogens is 2. The molecule has 0 spiro atoms. The van der Waals surface area contributed by atoms with Crippen LogP contribution in [-0.2, 0) is 13.0 Å². The second kappa shape index (κ2) is 7.79. The first-order chi connectivity index (χ1) is 9.80. The van der Waals surface area contributed by atoms with Crippen LogP contribution in [-0.4, -0.2) is 27.5 Å². The van der Waals surface area contributed by atoms with Crippen molar-refractivity contribution in [1.29, 1.82) is 0 Å². The smallest absolute Gasteiger partial charge is 0.0644 e. The third-order valence-corrected chi connectivity index (χ3v) is 4.41. The van der Waals surface area contributed by atoms with Gasteiger partial charge in [0.2, 0.25) is 0 Å². The number of aliphatic hydroxyl groups excluding tert-OH is 1. The number of hydrogen-bond donors (Lipinski definition) is 2. The Morgan fingerprint density at radius 1 is 1.50 bits per heavy atom. The van der Waals surface area contributed by atoms with E-state index in [4.69, 9.17) is 5.11 Å². The van der Waals surface area contributed by atoms with Gasteiger partial charge in [-0.2, -0.15) is 5.10 Å². The van der Waals surface area contributed by atoms with Crippen LogP contribution in [0.3, 0.4) is 0 Å². The molecule has 2 rings (SSSR count). The topological polar surface area (TPSA) is 50.1 Å². The first kappa shape index (κ1) is 15.5. The summed E-state index contributed by atoms with van der Waals surface area (Å²) < 4.78 is 1.98. The van der Waals surface area contributed by atoms with Crippen LogP contribution >= 0.6 is 0 Å². The summed E-state index contributed by atoms with van der Waals surface area (Å²) in [5.74, 6) is 0. The van der Waals surface area contributed by atoms with Gasteiger partial charge in [0.05, 0.1) is 19.3 Å². The van der Waals surface area contributed by atoms with Gasteiger partial charge in [-0.3, -0.25) is 4.68 Å². The van der Waals surface area contributed by atoms with Crippen LogP contribution in [0.15, 0.2) is 6.20 Å². The van der Waals surface area contributed by atoms with Gasteiger partial charge >= 0.3 is 0 Å². The van der Waals surface area contributed by atoms with E-state index >= 15 is 0 Å². The molecule has 4 heteroatoms. The quantitative estimate of drug-likeness (QED) is 0.769. The summed E-state index contributed by atoms with van der Waals surface area (Å²) in [5.41, 5.74) is 2.69. The molecule has 2 unspecified atom stereocenters. The third kappa shape index (κ3) is 3.61. The monoisotopic (exact) mass is 279 g/mol. The fourth-order valence-electron chi connectivity index (χ4n) is 3.22. The van der Waals surface area contributed by atoms with E-state index in [0.29, 0.717) is 18.6 Å². The van der Waals surface area contributed by atoms with Crippen molar-refractivity contribution < 1.29 is 5.11 Å². The van der Waals surface area contributed by atoms with Gasteiger partial charge < -0.3 is 10.4 Å². The maximum atomic E-state index is 9.11. The maximum absolute atomic E-state index is 9.11. The van der Waals surface area contributed by atoms with E-state index in [1.807, 2.05) is 10.9 Å². The minimum Gasteiger partial charge on any atom is -0.394 e. The fourth-order valence-corrected chi connectivity index (χ4v) is 3.22. The molecule has 0 radical (unpaired) electrons. The van der Waals surface area contributed by atoms with Gasteiger partial charge in [0, 0.05) is 23.3 Å². The molecule has 0 saturated heterocycles. The Balaban J connectivity index is 2.04. The average Bonchev–Trinajstić information content (AvgIpc) is 2.88. The summed E-state index contributed by atoms with van der Waals surface area (Å²) in [6, 6.07) is 1.07. The summed E-state index contributed by atoms with van der Waals surface area (Å²) in [7, 11) is 0. The number of nitrogens with zero attached hydrogens (tertiary/aromatic N) is 2. The summed E-state index contributed by atoms with van der Waals surface area (Å²) in [6.07, 6.45) is 10.6. The largest absolute Gasteiger partial charge is 0.394 e. The van der Waals surface area contributed by atoms with Crippen molar-refractivity contribution in [1.82, 2.24) is 15.1 Å². The molecule has 114 valence electrons. The van der Waals surface area contributed by atoms with Gasteiger partial charge in [-0.25, -0.2) is 0 Å². The minimum absolute atomic E-state index is 0.167. The third-order valence-electron chi connectivity index (χ3n) is 4.41. The molecule has 0 fully saturated rings. The van der Waals surface area contributed by atoms with Crippen molar-refractivity contribution in [3.8, 4) is 0 Å². The number of rotatable bonds is 8. The van der Waals surface area contributed by atoms with E-state index in [0.717, 1.165) is 6.42 Å². The molecule has 1 aromatic rings. The molecule has 4 nitrogen and oxygen atoms in total. The van der Waals surface area contributed by atoms with E-state index in [-0.39, 0.29) is 6.61 Å². The van der Waals surface area contributed by atoms with E-state index in [1.165, 1.54) is 49.8 Å². The molecule has 1 aromatic heterocycles. The van der Waals surface area contributed by atoms with Crippen molar-refractivity contribution in [2.75, 3.05) is 6.61 Å². The maximum Gasteiger partial charge on any atom is 0.0644 e. The van der Waals surface area contributed by atoms with Gasteiger partial charge in [0.15, 0.2) is 0 Å². The summed E-state index contributed by atoms with van der Waals surface area (Å²) >= 11 is 0. The molecule has 0 aromatic carbocycles. The molecule has 2 atom stereocenters. The molecule has 1 aliphatic carbocycles. The molecule has 20 heavy (non-hydrogen) atoms. The Hall–Kier alpha value is -0.870. The van der Waals surface area contributed by atoms with Crippen LogP contribution in [0.2, 0.25) is 0 Å².